The van der Waals surface area contributed by atoms with Gasteiger partial charge in [-0.2, -0.15) is 4.37 Å². The molecule has 0 unspecified atom stereocenters. The summed E-state index contributed by atoms with van der Waals surface area (Å²) < 4.78 is 5.13. The Balaban J connectivity index is 2.07. The first-order valence-corrected chi connectivity index (χ1v) is 6.20. The number of rotatable bonds is 6. The third-order valence-corrected chi connectivity index (χ3v) is 3.59. The molecule has 0 radical (unpaired) electrons. The molecule has 0 fully saturated rings. The van der Waals surface area contributed by atoms with Crippen molar-refractivity contribution < 1.29 is 0 Å². The first kappa shape index (κ1) is 11.5. The fraction of sp³-hybridized carbons (Fsp3) is 0.625. The molecule has 1 heterocycles. The van der Waals surface area contributed by atoms with Crippen molar-refractivity contribution in [2.75, 3.05) is 5.75 Å². The van der Waals surface area contributed by atoms with Crippen molar-refractivity contribution >= 4 is 29.1 Å². The predicted octanol–water partition coefficient (Wildman–Crippen LogP) is 2.04. The van der Waals surface area contributed by atoms with Gasteiger partial charge in [0.1, 0.15) is 5.82 Å². The summed E-state index contributed by atoms with van der Waals surface area (Å²) in [6, 6.07) is 0. The van der Waals surface area contributed by atoms with Crippen LogP contribution >= 0.6 is 23.3 Å². The number of thioether (sulfide) groups is 1. The topological polar surface area (TPSA) is 75.7 Å². The van der Waals surface area contributed by atoms with Crippen molar-refractivity contribution in [1.82, 2.24) is 9.36 Å². The molecule has 0 aliphatic rings. The summed E-state index contributed by atoms with van der Waals surface area (Å²) in [6.45, 7) is 1.90. The second kappa shape index (κ2) is 5.98. The molecule has 0 saturated heterocycles. The number of aryl methyl sites for hydroxylation is 1. The molecule has 1 aromatic rings. The fourth-order valence-electron chi connectivity index (χ4n) is 0.914. The SMILES string of the molecule is Cc1nsc(SCCCCC(=N)N)n1. The van der Waals surface area contributed by atoms with Crippen molar-refractivity contribution in [2.45, 2.75) is 30.5 Å². The van der Waals surface area contributed by atoms with Crippen LogP contribution in [0, 0.1) is 12.3 Å². The van der Waals surface area contributed by atoms with Crippen LogP contribution in [-0.2, 0) is 0 Å². The minimum atomic E-state index is 0.279. The van der Waals surface area contributed by atoms with E-state index in [2.05, 4.69) is 9.36 Å². The van der Waals surface area contributed by atoms with E-state index in [1.54, 1.807) is 11.8 Å². The molecule has 1 rings (SSSR count). The molecule has 3 N–H and O–H groups in total. The Morgan fingerprint density at radius 1 is 1.57 bits per heavy atom. The largest absolute Gasteiger partial charge is 0.388 e. The number of nitrogens with zero attached hydrogens (tertiary/aromatic N) is 2. The average molecular weight is 230 g/mol. The first-order valence-electron chi connectivity index (χ1n) is 4.44. The van der Waals surface area contributed by atoms with Gasteiger partial charge in [0.25, 0.3) is 0 Å². The molecule has 0 amide bonds. The Kier molecular flexibility index (Phi) is 4.89. The highest BCUT2D eigenvalue weighted by Gasteiger charge is 2.00. The Morgan fingerprint density at radius 3 is 2.93 bits per heavy atom. The van der Waals surface area contributed by atoms with Gasteiger partial charge in [0.2, 0.25) is 0 Å². The third kappa shape index (κ3) is 4.57. The van der Waals surface area contributed by atoms with E-state index in [1.807, 2.05) is 6.92 Å². The van der Waals surface area contributed by atoms with Crippen LogP contribution in [0.3, 0.4) is 0 Å². The van der Waals surface area contributed by atoms with E-state index in [0.717, 1.165) is 28.8 Å². The van der Waals surface area contributed by atoms with Gasteiger partial charge in [0, 0.05) is 12.2 Å². The van der Waals surface area contributed by atoms with Gasteiger partial charge in [-0.25, -0.2) is 4.98 Å². The molecule has 0 spiro atoms. The molecule has 0 atom stereocenters. The maximum atomic E-state index is 7.05. The first-order chi connectivity index (χ1) is 6.68. The highest BCUT2D eigenvalue weighted by Crippen LogP contribution is 2.21. The number of nitrogens with one attached hydrogen (secondary N) is 1. The monoisotopic (exact) mass is 230 g/mol. The van der Waals surface area contributed by atoms with Gasteiger partial charge >= 0.3 is 0 Å². The van der Waals surface area contributed by atoms with Crippen molar-refractivity contribution in [3.8, 4) is 0 Å². The lowest BCUT2D eigenvalue weighted by atomic mass is 10.2. The maximum Gasteiger partial charge on any atom is 0.170 e. The van der Waals surface area contributed by atoms with Crippen molar-refractivity contribution in [1.29, 1.82) is 5.41 Å². The molecule has 0 saturated carbocycles. The lowest BCUT2D eigenvalue weighted by molar-refractivity contribution is 0.836. The molecular weight excluding hydrogens is 216 g/mol. The summed E-state index contributed by atoms with van der Waals surface area (Å²) in [4.78, 5) is 4.25. The van der Waals surface area contributed by atoms with Gasteiger partial charge in [0.15, 0.2) is 4.34 Å². The van der Waals surface area contributed by atoms with Crippen LogP contribution in [-0.4, -0.2) is 20.9 Å². The smallest absolute Gasteiger partial charge is 0.170 e. The van der Waals surface area contributed by atoms with Gasteiger partial charge in [-0.1, -0.05) is 11.8 Å². The van der Waals surface area contributed by atoms with Crippen molar-refractivity contribution in [2.24, 2.45) is 5.73 Å². The molecule has 14 heavy (non-hydrogen) atoms. The highest BCUT2D eigenvalue weighted by atomic mass is 32.2. The van der Waals surface area contributed by atoms with E-state index >= 15 is 0 Å². The second-order valence-corrected chi connectivity index (χ2v) is 5.03. The molecule has 0 aliphatic heterocycles. The molecule has 0 bridgehead atoms. The second-order valence-electron chi connectivity index (χ2n) is 2.94. The van der Waals surface area contributed by atoms with E-state index in [0.29, 0.717) is 6.42 Å². The van der Waals surface area contributed by atoms with Crippen molar-refractivity contribution in [3.63, 3.8) is 0 Å². The molecule has 1 aromatic heterocycles. The Hall–Kier alpha value is -0.620. The summed E-state index contributed by atoms with van der Waals surface area (Å²) in [5.41, 5.74) is 5.25. The zero-order valence-corrected chi connectivity index (χ0v) is 9.75. The lowest BCUT2D eigenvalue weighted by Gasteiger charge is -1.97. The molecule has 78 valence electrons. The maximum absolute atomic E-state index is 7.05. The van der Waals surface area contributed by atoms with E-state index in [1.165, 1.54) is 11.5 Å². The van der Waals surface area contributed by atoms with E-state index < -0.39 is 0 Å². The summed E-state index contributed by atoms with van der Waals surface area (Å²) in [5, 5.41) is 7.05. The molecule has 0 aliphatic carbocycles. The Labute approximate surface area is 92.0 Å². The summed E-state index contributed by atoms with van der Waals surface area (Å²) in [7, 11) is 0. The van der Waals surface area contributed by atoms with Gasteiger partial charge in [-0.3, -0.25) is 5.41 Å². The summed E-state index contributed by atoms with van der Waals surface area (Å²) >= 11 is 3.18. The van der Waals surface area contributed by atoms with Crippen molar-refractivity contribution in [3.05, 3.63) is 5.82 Å². The number of unbranched alkanes of at least 4 members (excludes halogenated alkanes) is 1. The molecule has 4 nitrogen and oxygen atoms in total. The van der Waals surface area contributed by atoms with Gasteiger partial charge in [0.05, 0.1) is 5.84 Å². The fourth-order valence-corrected chi connectivity index (χ4v) is 2.63. The van der Waals surface area contributed by atoms with Crippen LogP contribution in [0.4, 0.5) is 0 Å². The van der Waals surface area contributed by atoms with Crippen LogP contribution < -0.4 is 5.73 Å². The minimum absolute atomic E-state index is 0.279. The quantitative estimate of drug-likeness (QED) is 0.339. The molecule has 0 aromatic carbocycles. The molecule has 6 heteroatoms. The summed E-state index contributed by atoms with van der Waals surface area (Å²) in [6.07, 6.45) is 2.76. The summed E-state index contributed by atoms with van der Waals surface area (Å²) in [5.74, 6) is 2.16. The lowest BCUT2D eigenvalue weighted by Crippen LogP contribution is -2.08. The Morgan fingerprint density at radius 2 is 2.36 bits per heavy atom. The zero-order chi connectivity index (χ0) is 10.4. The third-order valence-electron chi connectivity index (χ3n) is 1.57. The normalized spacial score (nSPS) is 10.4. The number of nitrogens with two attached hydrogens (primary N) is 1. The van der Waals surface area contributed by atoms with Gasteiger partial charge < -0.3 is 5.73 Å². The Bertz CT molecular complexity index is 297. The van der Waals surface area contributed by atoms with Gasteiger partial charge in [-0.05, 0) is 31.3 Å². The van der Waals surface area contributed by atoms with Crippen LogP contribution in [0.5, 0.6) is 0 Å². The van der Waals surface area contributed by atoms with E-state index in [9.17, 15) is 0 Å². The zero-order valence-electron chi connectivity index (χ0n) is 8.12. The van der Waals surface area contributed by atoms with Crippen LogP contribution in [0.15, 0.2) is 4.34 Å². The number of amidine groups is 1. The van der Waals surface area contributed by atoms with E-state index in [4.69, 9.17) is 11.1 Å². The van der Waals surface area contributed by atoms with Crippen LogP contribution in [0.25, 0.3) is 0 Å². The minimum Gasteiger partial charge on any atom is -0.388 e. The average Bonchev–Trinajstić information content (AvgIpc) is 2.50. The standard InChI is InChI=1S/C8H14N4S2/c1-6-11-8(14-12-6)13-5-3-2-4-7(9)10/h2-5H2,1H3,(H3,9,10). The number of aromatic nitrogens is 2. The van der Waals surface area contributed by atoms with Crippen LogP contribution in [0.1, 0.15) is 25.1 Å². The number of hydrogen-bond acceptors (Lipinski definition) is 5. The molecular formula is C8H14N4S2. The van der Waals surface area contributed by atoms with E-state index in [-0.39, 0.29) is 5.84 Å². The van der Waals surface area contributed by atoms with Crippen LogP contribution in [0.2, 0.25) is 0 Å². The highest BCUT2D eigenvalue weighted by molar-refractivity contribution is 8.00. The predicted molar refractivity (Wildman–Crippen MR) is 61.1 cm³/mol. The van der Waals surface area contributed by atoms with Gasteiger partial charge in [-0.15, -0.1) is 0 Å². The number of hydrogen-bond donors (Lipinski definition) is 2.